The van der Waals surface area contributed by atoms with Crippen molar-refractivity contribution in [1.29, 1.82) is 0 Å². The number of carbonyl (C=O) groups is 1. The van der Waals surface area contributed by atoms with E-state index in [9.17, 15) is 9.18 Å². The maximum atomic E-state index is 12.9. The molecule has 0 aliphatic heterocycles. The van der Waals surface area contributed by atoms with E-state index in [0.29, 0.717) is 12.3 Å². The molecule has 6 heteroatoms. The minimum atomic E-state index is -0.386. The van der Waals surface area contributed by atoms with E-state index in [1.165, 1.54) is 17.7 Å². The highest BCUT2D eigenvalue weighted by atomic mass is 19.1. The molecule has 1 N–H and O–H groups in total. The third-order valence-electron chi connectivity index (χ3n) is 4.02. The fourth-order valence-corrected chi connectivity index (χ4v) is 2.58. The summed E-state index contributed by atoms with van der Waals surface area (Å²) in [6.07, 6.45) is 2.04. The van der Waals surface area contributed by atoms with Crippen LogP contribution in [0.25, 0.3) is 0 Å². The highest BCUT2D eigenvalue weighted by molar-refractivity contribution is 5.89. The first-order valence-electron chi connectivity index (χ1n) is 8.52. The summed E-state index contributed by atoms with van der Waals surface area (Å²) in [6, 6.07) is 16.1. The molecule has 1 amide bonds. The molecule has 0 saturated carbocycles. The van der Waals surface area contributed by atoms with Crippen molar-refractivity contribution in [2.75, 3.05) is 0 Å². The number of hydrogen-bond donors (Lipinski definition) is 1. The first-order chi connectivity index (χ1) is 12.6. The van der Waals surface area contributed by atoms with Gasteiger partial charge in [-0.05, 0) is 43.0 Å². The van der Waals surface area contributed by atoms with E-state index in [1.54, 1.807) is 12.1 Å². The Hall–Kier alpha value is -3.02. The Morgan fingerprint density at radius 1 is 1.08 bits per heavy atom. The molecule has 26 heavy (non-hydrogen) atoms. The predicted octanol–water partition coefficient (Wildman–Crippen LogP) is 3.55. The van der Waals surface area contributed by atoms with Gasteiger partial charge in [0.2, 0.25) is 5.89 Å². The maximum Gasteiger partial charge on any atom is 0.309 e. The van der Waals surface area contributed by atoms with Gasteiger partial charge in [-0.25, -0.2) is 4.39 Å². The van der Waals surface area contributed by atoms with E-state index in [2.05, 4.69) is 27.6 Å². The van der Waals surface area contributed by atoms with Crippen LogP contribution in [0.2, 0.25) is 0 Å². The van der Waals surface area contributed by atoms with E-state index < -0.39 is 0 Å². The van der Waals surface area contributed by atoms with Crippen LogP contribution in [0, 0.1) is 5.82 Å². The molecule has 1 heterocycles. The summed E-state index contributed by atoms with van der Waals surface area (Å²) in [5.74, 6) is -0.431. The molecule has 2 aromatic carbocycles. The van der Waals surface area contributed by atoms with Gasteiger partial charge in [-0.3, -0.25) is 4.79 Å². The van der Waals surface area contributed by atoms with E-state index in [-0.39, 0.29) is 23.7 Å². The molecule has 5 nitrogen and oxygen atoms in total. The maximum absolute atomic E-state index is 12.9. The lowest BCUT2D eigenvalue weighted by molar-refractivity contribution is 0.0901. The highest BCUT2D eigenvalue weighted by Gasteiger charge is 2.17. The van der Waals surface area contributed by atoms with Gasteiger partial charge >= 0.3 is 11.8 Å². The Balaban J connectivity index is 1.51. The predicted molar refractivity (Wildman–Crippen MR) is 95.2 cm³/mol. The zero-order valence-electron chi connectivity index (χ0n) is 14.5. The molecule has 0 fully saturated rings. The third kappa shape index (κ3) is 4.99. The van der Waals surface area contributed by atoms with Crippen LogP contribution in [-0.2, 0) is 12.8 Å². The van der Waals surface area contributed by atoms with E-state index in [0.717, 1.165) is 18.4 Å². The van der Waals surface area contributed by atoms with Crippen LogP contribution in [0.4, 0.5) is 4.39 Å². The lowest BCUT2D eigenvalue weighted by Gasteiger charge is -2.12. The Morgan fingerprint density at radius 2 is 1.81 bits per heavy atom. The number of rotatable bonds is 7. The van der Waals surface area contributed by atoms with Crippen LogP contribution in [-0.4, -0.2) is 22.1 Å². The molecular weight excluding hydrogens is 333 g/mol. The number of aryl methyl sites for hydroxylation is 1. The molecule has 0 aliphatic rings. The van der Waals surface area contributed by atoms with Crippen molar-refractivity contribution in [1.82, 2.24) is 15.5 Å². The Labute approximate surface area is 151 Å². The fourth-order valence-electron chi connectivity index (χ4n) is 2.58. The zero-order chi connectivity index (χ0) is 18.4. The lowest BCUT2D eigenvalue weighted by atomic mass is 10.1. The van der Waals surface area contributed by atoms with Crippen LogP contribution in [0.3, 0.4) is 0 Å². The molecule has 0 saturated heterocycles. The van der Waals surface area contributed by atoms with Crippen LogP contribution >= 0.6 is 0 Å². The SMILES string of the molecule is C[C@@H](CCc1ccccc1)NC(=O)c1nnc(Cc2ccc(F)cc2)o1. The summed E-state index contributed by atoms with van der Waals surface area (Å²) < 4.78 is 18.3. The normalized spacial score (nSPS) is 11.9. The number of nitrogens with one attached hydrogen (secondary N) is 1. The van der Waals surface area contributed by atoms with Crippen molar-refractivity contribution in [3.05, 3.63) is 83.3 Å². The number of aromatic nitrogens is 2. The van der Waals surface area contributed by atoms with Crippen LogP contribution in [0.5, 0.6) is 0 Å². The molecule has 134 valence electrons. The second kappa shape index (κ2) is 8.38. The van der Waals surface area contributed by atoms with Crippen molar-refractivity contribution in [2.24, 2.45) is 0 Å². The van der Waals surface area contributed by atoms with Gasteiger partial charge in [0, 0.05) is 6.04 Å². The zero-order valence-corrected chi connectivity index (χ0v) is 14.5. The average molecular weight is 353 g/mol. The van der Waals surface area contributed by atoms with Crippen LogP contribution in [0.1, 0.15) is 41.0 Å². The summed E-state index contributed by atoms with van der Waals surface area (Å²) >= 11 is 0. The number of nitrogens with zero attached hydrogens (tertiary/aromatic N) is 2. The molecule has 1 atom stereocenters. The van der Waals surface area contributed by atoms with Crippen molar-refractivity contribution in [3.8, 4) is 0 Å². The molecule has 1 aromatic heterocycles. The first kappa shape index (κ1) is 17.8. The standard InChI is InChI=1S/C20H20FN3O2/c1-14(7-8-15-5-3-2-4-6-15)22-19(25)20-24-23-18(26-20)13-16-9-11-17(21)12-10-16/h2-6,9-12,14H,7-8,13H2,1H3,(H,22,25)/t14-/m0/s1. The van der Waals surface area contributed by atoms with Gasteiger partial charge in [-0.15, -0.1) is 10.2 Å². The third-order valence-corrected chi connectivity index (χ3v) is 4.02. The Bertz CT molecular complexity index is 847. The van der Waals surface area contributed by atoms with Crippen molar-refractivity contribution in [3.63, 3.8) is 0 Å². The molecule has 0 bridgehead atoms. The fraction of sp³-hybridized carbons (Fsp3) is 0.250. The second-order valence-corrected chi connectivity index (χ2v) is 6.20. The van der Waals surface area contributed by atoms with Gasteiger partial charge in [0.05, 0.1) is 6.42 Å². The van der Waals surface area contributed by atoms with Crippen molar-refractivity contribution < 1.29 is 13.6 Å². The number of halogens is 1. The summed E-state index contributed by atoms with van der Waals surface area (Å²) in [6.45, 7) is 1.94. The quantitative estimate of drug-likeness (QED) is 0.705. The molecule has 0 radical (unpaired) electrons. The van der Waals surface area contributed by atoms with Gasteiger partial charge in [-0.1, -0.05) is 42.5 Å². The monoisotopic (exact) mass is 353 g/mol. The molecular formula is C20H20FN3O2. The largest absolute Gasteiger partial charge is 0.417 e. The Kier molecular flexibility index (Phi) is 5.73. The van der Waals surface area contributed by atoms with E-state index in [4.69, 9.17) is 4.42 Å². The second-order valence-electron chi connectivity index (χ2n) is 6.20. The van der Waals surface area contributed by atoms with E-state index in [1.807, 2.05) is 25.1 Å². The number of carbonyl (C=O) groups excluding carboxylic acids is 1. The van der Waals surface area contributed by atoms with Crippen molar-refractivity contribution in [2.45, 2.75) is 32.2 Å². The number of amides is 1. The minimum absolute atomic E-state index is 0.0184. The molecule has 3 rings (SSSR count). The molecule has 0 aliphatic carbocycles. The minimum Gasteiger partial charge on any atom is -0.417 e. The lowest BCUT2D eigenvalue weighted by Crippen LogP contribution is -2.33. The van der Waals surface area contributed by atoms with E-state index >= 15 is 0 Å². The molecule has 3 aromatic rings. The first-order valence-corrected chi connectivity index (χ1v) is 8.52. The smallest absolute Gasteiger partial charge is 0.309 e. The van der Waals surface area contributed by atoms with Gasteiger partial charge in [0.25, 0.3) is 0 Å². The van der Waals surface area contributed by atoms with Crippen LogP contribution < -0.4 is 5.32 Å². The number of hydrogen-bond acceptors (Lipinski definition) is 4. The van der Waals surface area contributed by atoms with Crippen LogP contribution in [0.15, 0.2) is 59.0 Å². The van der Waals surface area contributed by atoms with Gasteiger partial charge in [0.15, 0.2) is 0 Å². The van der Waals surface area contributed by atoms with Crippen molar-refractivity contribution >= 4 is 5.91 Å². The summed E-state index contributed by atoms with van der Waals surface area (Å²) in [4.78, 5) is 12.2. The summed E-state index contributed by atoms with van der Waals surface area (Å²) in [5, 5.41) is 10.5. The van der Waals surface area contributed by atoms with Gasteiger partial charge in [0.1, 0.15) is 5.82 Å². The Morgan fingerprint density at radius 3 is 2.54 bits per heavy atom. The highest BCUT2D eigenvalue weighted by Crippen LogP contribution is 2.10. The van der Waals surface area contributed by atoms with Gasteiger partial charge < -0.3 is 9.73 Å². The number of benzene rings is 2. The molecule has 0 unspecified atom stereocenters. The average Bonchev–Trinajstić information content (AvgIpc) is 3.11. The summed E-state index contributed by atoms with van der Waals surface area (Å²) in [5.41, 5.74) is 2.06. The van der Waals surface area contributed by atoms with Gasteiger partial charge in [-0.2, -0.15) is 0 Å². The molecule has 0 spiro atoms. The summed E-state index contributed by atoms with van der Waals surface area (Å²) in [7, 11) is 0. The topological polar surface area (TPSA) is 68.0 Å².